The van der Waals surface area contributed by atoms with Crippen molar-refractivity contribution in [1.29, 1.82) is 0 Å². The predicted molar refractivity (Wildman–Crippen MR) is 107 cm³/mol. The normalized spacial score (nSPS) is 12.7. The zero-order valence-corrected chi connectivity index (χ0v) is 16.3. The molecule has 5 nitrogen and oxygen atoms in total. The molecule has 0 unspecified atom stereocenters. The van der Waals surface area contributed by atoms with Gasteiger partial charge >= 0.3 is 0 Å². The molecule has 0 spiro atoms. The molecule has 2 aromatic carbocycles. The van der Waals surface area contributed by atoms with E-state index in [0.29, 0.717) is 22.5 Å². The molecule has 4 rings (SSSR count). The van der Waals surface area contributed by atoms with E-state index in [0.717, 1.165) is 17.7 Å². The van der Waals surface area contributed by atoms with Crippen molar-refractivity contribution in [2.75, 3.05) is 23.4 Å². The van der Waals surface area contributed by atoms with Crippen molar-refractivity contribution in [3.8, 4) is 0 Å². The summed E-state index contributed by atoms with van der Waals surface area (Å²) in [6.07, 6.45) is 0.833. The van der Waals surface area contributed by atoms with E-state index in [-0.39, 0.29) is 17.6 Å². The van der Waals surface area contributed by atoms with Gasteiger partial charge in [0.25, 0.3) is 11.8 Å². The van der Waals surface area contributed by atoms with Crippen LogP contribution in [0.15, 0.2) is 69.8 Å². The van der Waals surface area contributed by atoms with Gasteiger partial charge in [0, 0.05) is 19.3 Å². The van der Waals surface area contributed by atoms with Crippen LogP contribution in [0.5, 0.6) is 0 Å². The number of fused-ring (bicyclic) bond motifs is 1. The van der Waals surface area contributed by atoms with E-state index in [1.807, 2.05) is 30.3 Å². The minimum atomic E-state index is -0.317. The number of carbonyl (C=O) groups excluding carboxylic acids is 2. The Morgan fingerprint density at radius 3 is 2.56 bits per heavy atom. The molecule has 2 amide bonds. The molecule has 0 fully saturated rings. The lowest BCUT2D eigenvalue weighted by molar-refractivity contribution is 0.0965. The van der Waals surface area contributed by atoms with Crippen LogP contribution >= 0.6 is 15.9 Å². The van der Waals surface area contributed by atoms with Gasteiger partial charge in [0.2, 0.25) is 0 Å². The first kappa shape index (κ1) is 17.5. The van der Waals surface area contributed by atoms with Gasteiger partial charge in [0.05, 0.1) is 11.3 Å². The third kappa shape index (κ3) is 3.17. The first-order valence-corrected chi connectivity index (χ1v) is 9.38. The monoisotopic (exact) mass is 424 g/mol. The Labute approximate surface area is 165 Å². The van der Waals surface area contributed by atoms with Crippen LogP contribution in [0, 0.1) is 0 Å². The molecule has 0 bridgehead atoms. The molecule has 0 saturated heterocycles. The topological polar surface area (TPSA) is 53.8 Å². The lowest BCUT2D eigenvalue weighted by Crippen LogP contribution is -2.32. The second-order valence-corrected chi connectivity index (χ2v) is 7.10. The van der Waals surface area contributed by atoms with Gasteiger partial charge < -0.3 is 14.2 Å². The van der Waals surface area contributed by atoms with Gasteiger partial charge in [0.15, 0.2) is 10.4 Å². The minimum Gasteiger partial charge on any atom is -0.444 e. The molecule has 0 atom stereocenters. The number of anilines is 2. The molecule has 136 valence electrons. The number of carbonyl (C=O) groups is 2. The van der Waals surface area contributed by atoms with Crippen molar-refractivity contribution >= 4 is 39.1 Å². The molecule has 1 aliphatic heterocycles. The summed E-state index contributed by atoms with van der Waals surface area (Å²) in [5, 5.41) is 0. The highest BCUT2D eigenvalue weighted by molar-refractivity contribution is 9.10. The second kappa shape index (κ2) is 7.04. The molecule has 2 heterocycles. The number of furan rings is 1. The van der Waals surface area contributed by atoms with Crippen molar-refractivity contribution in [3.63, 3.8) is 0 Å². The van der Waals surface area contributed by atoms with Gasteiger partial charge in [-0.3, -0.25) is 9.59 Å². The zero-order valence-electron chi connectivity index (χ0n) is 14.7. The van der Waals surface area contributed by atoms with Crippen LogP contribution < -0.4 is 9.80 Å². The van der Waals surface area contributed by atoms with Crippen molar-refractivity contribution < 1.29 is 14.0 Å². The average Bonchev–Trinajstić information content (AvgIpc) is 3.32. The summed E-state index contributed by atoms with van der Waals surface area (Å²) in [4.78, 5) is 29.2. The number of amides is 2. The number of hydrogen-bond acceptors (Lipinski definition) is 3. The van der Waals surface area contributed by atoms with Gasteiger partial charge in [-0.15, -0.1) is 0 Å². The highest BCUT2D eigenvalue weighted by Gasteiger charge is 2.28. The van der Waals surface area contributed by atoms with Crippen LogP contribution in [0.3, 0.4) is 0 Å². The zero-order chi connectivity index (χ0) is 19.0. The van der Waals surface area contributed by atoms with Crippen molar-refractivity contribution in [2.45, 2.75) is 6.42 Å². The molecule has 0 aliphatic carbocycles. The highest BCUT2D eigenvalue weighted by Crippen LogP contribution is 2.31. The summed E-state index contributed by atoms with van der Waals surface area (Å²) in [5.74, 6) is -0.225. The minimum absolute atomic E-state index is 0.115. The van der Waals surface area contributed by atoms with Crippen LogP contribution in [-0.2, 0) is 6.42 Å². The van der Waals surface area contributed by atoms with E-state index < -0.39 is 0 Å². The van der Waals surface area contributed by atoms with Crippen molar-refractivity contribution in [3.05, 3.63) is 82.2 Å². The number of hydrogen-bond donors (Lipinski definition) is 0. The first-order valence-electron chi connectivity index (χ1n) is 8.58. The lowest BCUT2D eigenvalue weighted by Gasteiger charge is -2.23. The maximum atomic E-state index is 13.3. The van der Waals surface area contributed by atoms with Crippen LogP contribution in [0.25, 0.3) is 0 Å². The fraction of sp³-hybridized carbons (Fsp3) is 0.143. The second-order valence-electron chi connectivity index (χ2n) is 6.32. The van der Waals surface area contributed by atoms with Crippen LogP contribution in [0.2, 0.25) is 0 Å². The van der Waals surface area contributed by atoms with E-state index in [1.54, 1.807) is 42.3 Å². The van der Waals surface area contributed by atoms with Gasteiger partial charge in [-0.05, 0) is 58.2 Å². The molecule has 1 aliphatic rings. The quantitative estimate of drug-likeness (QED) is 0.620. The smallest absolute Gasteiger partial charge is 0.293 e. The Morgan fingerprint density at radius 1 is 1.04 bits per heavy atom. The third-order valence-electron chi connectivity index (χ3n) is 4.72. The Balaban J connectivity index is 1.67. The highest BCUT2D eigenvalue weighted by atomic mass is 79.9. The van der Waals surface area contributed by atoms with Crippen LogP contribution in [0.1, 0.15) is 26.5 Å². The van der Waals surface area contributed by atoms with Crippen LogP contribution in [0.4, 0.5) is 11.4 Å². The summed E-state index contributed by atoms with van der Waals surface area (Å²) in [7, 11) is 1.64. The average molecular weight is 425 g/mol. The molecule has 0 saturated carbocycles. The molecule has 1 aromatic heterocycles. The molecule has 27 heavy (non-hydrogen) atoms. The summed E-state index contributed by atoms with van der Waals surface area (Å²) in [6.45, 7) is 0.634. The fourth-order valence-corrected chi connectivity index (χ4v) is 3.65. The Kier molecular flexibility index (Phi) is 4.58. The van der Waals surface area contributed by atoms with E-state index >= 15 is 0 Å². The number of nitrogens with zero attached hydrogens (tertiary/aromatic N) is 2. The predicted octanol–water partition coefficient (Wildman–Crippen LogP) is 4.52. The summed E-state index contributed by atoms with van der Waals surface area (Å²) in [6, 6.07) is 18.3. The van der Waals surface area contributed by atoms with Gasteiger partial charge in [-0.1, -0.05) is 30.3 Å². The number of rotatable bonds is 3. The molecule has 6 heteroatoms. The third-order valence-corrected chi connectivity index (χ3v) is 5.14. The summed E-state index contributed by atoms with van der Waals surface area (Å²) in [5.41, 5.74) is 3.12. The van der Waals surface area contributed by atoms with E-state index in [9.17, 15) is 9.59 Å². The Morgan fingerprint density at radius 2 is 1.78 bits per heavy atom. The maximum absolute atomic E-state index is 13.3. The van der Waals surface area contributed by atoms with E-state index in [2.05, 4.69) is 15.9 Å². The van der Waals surface area contributed by atoms with Gasteiger partial charge in [-0.2, -0.15) is 0 Å². The van der Waals surface area contributed by atoms with Crippen molar-refractivity contribution in [1.82, 2.24) is 0 Å². The Hall–Kier alpha value is -2.86. The summed E-state index contributed by atoms with van der Waals surface area (Å²) < 4.78 is 5.85. The van der Waals surface area contributed by atoms with Gasteiger partial charge in [0.1, 0.15) is 0 Å². The SMILES string of the molecule is CN(C(=O)c1ccc(Br)o1)c1ccccc1C(=O)N1CCc2ccccc21. The fourth-order valence-electron chi connectivity index (χ4n) is 3.35. The van der Waals surface area contributed by atoms with Crippen LogP contribution in [-0.4, -0.2) is 25.4 Å². The largest absolute Gasteiger partial charge is 0.444 e. The summed E-state index contributed by atoms with van der Waals surface area (Å²) >= 11 is 3.21. The van der Waals surface area contributed by atoms with E-state index in [1.165, 1.54) is 4.90 Å². The lowest BCUT2D eigenvalue weighted by atomic mass is 10.1. The molecular weight excluding hydrogens is 408 g/mol. The van der Waals surface area contributed by atoms with Gasteiger partial charge in [-0.25, -0.2) is 0 Å². The Bertz CT molecular complexity index is 1030. The maximum Gasteiger partial charge on any atom is 0.293 e. The van der Waals surface area contributed by atoms with E-state index in [4.69, 9.17) is 4.42 Å². The number of para-hydroxylation sites is 2. The number of halogens is 1. The number of benzene rings is 2. The molecular formula is C21H17BrN2O3. The first-order chi connectivity index (χ1) is 13.1. The molecule has 0 N–H and O–H groups in total. The van der Waals surface area contributed by atoms with Crippen molar-refractivity contribution in [2.24, 2.45) is 0 Å². The molecule has 3 aromatic rings. The standard InChI is InChI=1S/C21H17BrN2O3/c1-23(21(26)18-10-11-19(22)27-18)17-9-5-3-7-15(17)20(25)24-13-12-14-6-2-4-8-16(14)24/h2-11H,12-13H2,1H3. The molecule has 0 radical (unpaired) electrons.